The summed E-state index contributed by atoms with van der Waals surface area (Å²) in [6, 6.07) is 0. The third-order valence-electron chi connectivity index (χ3n) is 3.86. The Balaban J connectivity index is 2.17. The van der Waals surface area contributed by atoms with Gasteiger partial charge in [0.1, 0.15) is 24.2 Å². The molecule has 0 spiro atoms. The summed E-state index contributed by atoms with van der Waals surface area (Å²) in [5, 5.41) is 3.41. The summed E-state index contributed by atoms with van der Waals surface area (Å²) in [6.45, 7) is 2.52. The Labute approximate surface area is 114 Å². The number of rotatable bonds is 3. The number of aliphatic imine (C=N–C) groups is 1. The highest BCUT2D eigenvalue weighted by Gasteiger charge is 2.36. The van der Waals surface area contributed by atoms with Gasteiger partial charge in [-0.25, -0.2) is 0 Å². The molecule has 0 amide bonds. The first-order chi connectivity index (χ1) is 8.76. The highest BCUT2D eigenvalue weighted by Crippen LogP contribution is 2.31. The van der Waals surface area contributed by atoms with Crippen LogP contribution in [-0.2, 0) is 4.74 Å². The van der Waals surface area contributed by atoms with Crippen LogP contribution in [0.4, 0.5) is 0 Å². The second-order valence-electron chi connectivity index (χ2n) is 5.02. The normalized spacial score (nSPS) is 35.7. The molecule has 2 bridgehead atoms. The van der Waals surface area contributed by atoms with E-state index in [4.69, 9.17) is 22.8 Å². The Bertz CT molecular complexity index is 350. The highest BCUT2D eigenvalue weighted by atomic mass is 35.5. The molecule has 3 nitrogen and oxygen atoms in total. The molecule has 0 aromatic heterocycles. The van der Waals surface area contributed by atoms with Gasteiger partial charge in [-0.3, -0.25) is 4.99 Å². The number of amidine groups is 1. The first kappa shape index (κ1) is 13.7. The molecule has 0 aromatic rings. The average molecular weight is 269 g/mol. The van der Waals surface area contributed by atoms with E-state index in [0.29, 0.717) is 12.5 Å². The molecule has 18 heavy (non-hydrogen) atoms. The van der Waals surface area contributed by atoms with Crippen LogP contribution in [0.5, 0.6) is 0 Å². The van der Waals surface area contributed by atoms with Gasteiger partial charge in [-0.2, -0.15) is 0 Å². The van der Waals surface area contributed by atoms with Crippen LogP contribution in [0.25, 0.3) is 0 Å². The minimum absolute atomic E-state index is 0.0804. The van der Waals surface area contributed by atoms with Crippen LogP contribution in [-0.4, -0.2) is 24.2 Å². The summed E-state index contributed by atoms with van der Waals surface area (Å²) in [7, 11) is 0. The van der Waals surface area contributed by atoms with Crippen molar-refractivity contribution < 1.29 is 4.74 Å². The van der Waals surface area contributed by atoms with Crippen LogP contribution in [0.2, 0.25) is 0 Å². The van der Waals surface area contributed by atoms with Crippen molar-refractivity contribution in [2.75, 3.05) is 6.61 Å². The predicted octanol–water partition coefficient (Wildman–Crippen LogP) is 2.75. The first-order valence-electron chi connectivity index (χ1n) is 6.79. The van der Waals surface area contributed by atoms with Crippen molar-refractivity contribution in [1.82, 2.24) is 5.32 Å². The number of nitrogens with zero attached hydrogens (tertiary/aromatic N) is 1. The monoisotopic (exact) mass is 268 g/mol. The summed E-state index contributed by atoms with van der Waals surface area (Å²) < 4.78 is 5.71. The highest BCUT2D eigenvalue weighted by molar-refractivity contribution is 6.21. The first-order valence-corrected chi connectivity index (χ1v) is 7.23. The largest absolute Gasteiger partial charge is 0.348 e. The van der Waals surface area contributed by atoms with Gasteiger partial charge in [0.2, 0.25) is 0 Å². The van der Waals surface area contributed by atoms with E-state index in [0.717, 1.165) is 18.7 Å². The maximum Gasteiger partial charge on any atom is 0.135 e. The van der Waals surface area contributed by atoms with Crippen molar-refractivity contribution in [3.8, 4) is 12.3 Å². The van der Waals surface area contributed by atoms with E-state index in [1.54, 1.807) is 0 Å². The fourth-order valence-corrected chi connectivity index (χ4v) is 3.15. The zero-order valence-corrected chi connectivity index (χ0v) is 11.6. The number of nitrogens with one attached hydrogen (secondary N) is 1. The van der Waals surface area contributed by atoms with Crippen LogP contribution >= 0.6 is 11.6 Å². The van der Waals surface area contributed by atoms with E-state index in [1.165, 1.54) is 19.3 Å². The van der Waals surface area contributed by atoms with Gasteiger partial charge in [-0.05, 0) is 19.3 Å². The van der Waals surface area contributed by atoms with Gasteiger partial charge in [-0.1, -0.05) is 37.3 Å². The molecule has 4 heteroatoms. The Morgan fingerprint density at radius 2 is 2.28 bits per heavy atom. The number of fused-ring (bicyclic) bond motifs is 6. The zero-order valence-electron chi connectivity index (χ0n) is 10.9. The van der Waals surface area contributed by atoms with Crippen molar-refractivity contribution in [3.05, 3.63) is 0 Å². The molecule has 0 aliphatic carbocycles. The van der Waals surface area contributed by atoms with Crippen molar-refractivity contribution in [1.29, 1.82) is 0 Å². The summed E-state index contributed by atoms with van der Waals surface area (Å²) in [5.74, 6) is 4.23. The zero-order chi connectivity index (χ0) is 13.0. The quantitative estimate of drug-likeness (QED) is 0.485. The SMILES string of the molecule is C#CCOC1NC2=NC(Cl)C1CCCCC2CC. The van der Waals surface area contributed by atoms with E-state index in [2.05, 4.69) is 23.2 Å². The smallest absolute Gasteiger partial charge is 0.135 e. The summed E-state index contributed by atoms with van der Waals surface area (Å²) >= 11 is 6.40. The fraction of sp³-hybridized carbons (Fsp3) is 0.786. The van der Waals surface area contributed by atoms with Gasteiger partial charge in [0, 0.05) is 11.8 Å². The van der Waals surface area contributed by atoms with Crippen molar-refractivity contribution in [2.24, 2.45) is 16.8 Å². The van der Waals surface area contributed by atoms with E-state index < -0.39 is 0 Å². The molecular formula is C14H21ClN2O. The maximum absolute atomic E-state index is 6.40. The summed E-state index contributed by atoms with van der Waals surface area (Å²) in [5.41, 5.74) is -0.184. The van der Waals surface area contributed by atoms with Crippen molar-refractivity contribution in [2.45, 2.75) is 50.8 Å². The lowest BCUT2D eigenvalue weighted by Gasteiger charge is -2.35. The van der Waals surface area contributed by atoms with Gasteiger partial charge in [-0.15, -0.1) is 6.42 Å². The van der Waals surface area contributed by atoms with Gasteiger partial charge in [0.15, 0.2) is 0 Å². The van der Waals surface area contributed by atoms with Gasteiger partial charge in [0.05, 0.1) is 0 Å². The number of halogens is 1. The molecule has 4 unspecified atom stereocenters. The third kappa shape index (κ3) is 2.99. The number of ether oxygens (including phenoxy) is 1. The fourth-order valence-electron chi connectivity index (χ4n) is 2.78. The molecule has 1 N–H and O–H groups in total. The minimum atomic E-state index is -0.184. The van der Waals surface area contributed by atoms with Crippen LogP contribution < -0.4 is 5.32 Å². The molecule has 3 aliphatic rings. The average Bonchev–Trinajstić information content (AvgIpc) is 2.50. The molecular weight excluding hydrogens is 248 g/mol. The van der Waals surface area contributed by atoms with E-state index in [1.807, 2.05) is 0 Å². The molecule has 0 radical (unpaired) electrons. The molecule has 0 aromatic carbocycles. The van der Waals surface area contributed by atoms with Gasteiger partial charge >= 0.3 is 0 Å². The molecule has 3 heterocycles. The van der Waals surface area contributed by atoms with Crippen LogP contribution in [0.15, 0.2) is 4.99 Å². The number of alkyl halides is 1. The lowest BCUT2D eigenvalue weighted by atomic mass is 9.98. The van der Waals surface area contributed by atoms with Crippen LogP contribution in [0.1, 0.15) is 39.0 Å². The predicted molar refractivity (Wildman–Crippen MR) is 74.5 cm³/mol. The second kappa shape index (κ2) is 6.45. The Morgan fingerprint density at radius 1 is 1.50 bits per heavy atom. The molecule has 100 valence electrons. The molecule has 0 saturated carbocycles. The second-order valence-corrected chi connectivity index (χ2v) is 5.47. The maximum atomic E-state index is 6.40. The van der Waals surface area contributed by atoms with Gasteiger partial charge in [0.25, 0.3) is 0 Å². The van der Waals surface area contributed by atoms with E-state index >= 15 is 0 Å². The standard InChI is InChI=1S/C14H21ClN2O/c1-3-9-18-14-11-8-6-5-7-10(4-2)13(17-14)16-12(11)15/h1,10-12,14H,4-9H2,2H3,(H,16,17). The van der Waals surface area contributed by atoms with Crippen molar-refractivity contribution >= 4 is 17.4 Å². The lowest BCUT2D eigenvalue weighted by Crippen LogP contribution is -2.51. The molecule has 1 fully saturated rings. The molecule has 3 aliphatic heterocycles. The van der Waals surface area contributed by atoms with Crippen molar-refractivity contribution in [3.63, 3.8) is 0 Å². The Morgan fingerprint density at radius 3 is 3.00 bits per heavy atom. The van der Waals surface area contributed by atoms with Crippen LogP contribution in [0, 0.1) is 24.2 Å². The van der Waals surface area contributed by atoms with Gasteiger partial charge < -0.3 is 10.1 Å². The van der Waals surface area contributed by atoms with E-state index in [9.17, 15) is 0 Å². The molecule has 1 saturated heterocycles. The molecule has 3 rings (SSSR count). The number of hydrogen-bond acceptors (Lipinski definition) is 3. The summed E-state index contributed by atoms with van der Waals surface area (Å²) in [6.07, 6.45) is 10.9. The minimum Gasteiger partial charge on any atom is -0.348 e. The lowest BCUT2D eigenvalue weighted by molar-refractivity contribution is 0.0114. The third-order valence-corrected chi connectivity index (χ3v) is 4.28. The number of terminal acetylenes is 1. The molecule has 4 atom stereocenters. The topological polar surface area (TPSA) is 33.6 Å². The van der Waals surface area contributed by atoms with E-state index in [-0.39, 0.29) is 17.6 Å². The number of hydrogen-bond donors (Lipinski definition) is 1. The summed E-state index contributed by atoms with van der Waals surface area (Å²) in [4.78, 5) is 4.61. The Hall–Kier alpha value is -0.720. The Kier molecular flexibility index (Phi) is 4.91. The van der Waals surface area contributed by atoms with Crippen LogP contribution in [0.3, 0.4) is 0 Å².